The maximum absolute atomic E-state index is 14.1. The first-order chi connectivity index (χ1) is 25.0. The van der Waals surface area contributed by atoms with Gasteiger partial charge in [0.25, 0.3) is 5.91 Å². The molecule has 0 radical (unpaired) electrons. The molecule has 6 bridgehead atoms. The number of aromatic nitrogens is 3. The number of fused-ring (bicyclic) bond motifs is 6. The van der Waals surface area contributed by atoms with Gasteiger partial charge in [-0.25, -0.2) is 10.4 Å². The lowest BCUT2D eigenvalue weighted by Gasteiger charge is -2.41. The Hall–Kier alpha value is -3.97. The van der Waals surface area contributed by atoms with Crippen molar-refractivity contribution in [1.29, 1.82) is 0 Å². The minimum absolute atomic E-state index is 0.115. The molecule has 2 aliphatic heterocycles. The van der Waals surface area contributed by atoms with E-state index in [1.54, 1.807) is 7.11 Å². The molecule has 0 unspecified atom stereocenters. The molecule has 5 heterocycles. The van der Waals surface area contributed by atoms with Gasteiger partial charge in [-0.1, -0.05) is 19.9 Å². The molecule has 7 rings (SSSR count). The van der Waals surface area contributed by atoms with E-state index in [0.717, 1.165) is 69.8 Å². The standard InChI is InChI=1S/C40H50N6O5S/c1-6-45-33-13-12-27-18-29(33)30(37(45)28-9-7-15-41-36(28)25(2)50-5)20-39(3,4)23-51-24-40(22-47)14-8-16-46(44-40)38(49)31(19-35-43-32(27)21-52-35)42-34(48)17-26-10-11-26/h7,9,12-13,15,18,21-22,25-26,31,44H,6,8,10-11,14,16-17,19-20,23-24H2,1-5H3,(H,42,48)/t25-,31-,40-/m0/s1. The number of carbonyl (C=O) groups excluding carboxylic acids is 3. The molecule has 1 saturated heterocycles. The van der Waals surface area contributed by atoms with E-state index in [1.807, 2.05) is 24.6 Å². The molecule has 276 valence electrons. The van der Waals surface area contributed by atoms with E-state index in [-0.39, 0.29) is 36.4 Å². The number of thiazole rings is 1. The molecule has 1 aliphatic carbocycles. The van der Waals surface area contributed by atoms with Gasteiger partial charge in [-0.05, 0) is 87.1 Å². The molecule has 2 amide bonds. The summed E-state index contributed by atoms with van der Waals surface area (Å²) in [4.78, 5) is 49.8. The Kier molecular flexibility index (Phi) is 10.4. The number of rotatable bonds is 8. The third kappa shape index (κ3) is 7.44. The first kappa shape index (κ1) is 36.4. The highest BCUT2D eigenvalue weighted by Crippen LogP contribution is 2.42. The second-order valence-corrected chi connectivity index (χ2v) is 16.5. The van der Waals surface area contributed by atoms with Crippen LogP contribution >= 0.6 is 11.3 Å². The van der Waals surface area contributed by atoms with E-state index in [1.165, 1.54) is 21.9 Å². The van der Waals surface area contributed by atoms with Crippen molar-refractivity contribution in [3.8, 4) is 22.5 Å². The number of aryl methyl sites for hydroxylation is 1. The topological polar surface area (TPSA) is 128 Å². The minimum atomic E-state index is -1.06. The maximum atomic E-state index is 14.1. The first-order valence-corrected chi connectivity index (χ1v) is 19.4. The van der Waals surface area contributed by atoms with Crippen molar-refractivity contribution < 1.29 is 23.9 Å². The van der Waals surface area contributed by atoms with E-state index in [0.29, 0.717) is 44.8 Å². The van der Waals surface area contributed by atoms with E-state index in [9.17, 15) is 14.4 Å². The van der Waals surface area contributed by atoms with E-state index >= 15 is 0 Å². The van der Waals surface area contributed by atoms with Gasteiger partial charge in [0.2, 0.25) is 5.91 Å². The molecule has 3 aromatic heterocycles. The van der Waals surface area contributed by atoms with Crippen LogP contribution in [0.25, 0.3) is 33.4 Å². The number of hydrazine groups is 1. The number of pyridine rings is 1. The number of nitrogens with one attached hydrogen (secondary N) is 2. The van der Waals surface area contributed by atoms with Crippen LogP contribution in [0, 0.1) is 11.3 Å². The molecular formula is C40H50N6O5S. The molecular weight excluding hydrogens is 677 g/mol. The van der Waals surface area contributed by atoms with E-state index in [4.69, 9.17) is 19.4 Å². The van der Waals surface area contributed by atoms with Crippen molar-refractivity contribution >= 4 is 40.3 Å². The molecule has 0 spiro atoms. The average Bonchev–Trinajstić information content (AvgIpc) is 3.74. The number of ether oxygens (including phenoxy) is 2. The molecule has 11 nitrogen and oxygen atoms in total. The SMILES string of the molecule is CCn1c(-c2cccnc2[C@H](C)OC)c2c3cc(ccc31)-c1csc(n1)C[C@H](NC(=O)CC1CC1)C(=O)N1CCC[C@](C=O)(COCC(C)(C)C2)N1. The summed E-state index contributed by atoms with van der Waals surface area (Å²) in [7, 11) is 1.71. The monoisotopic (exact) mass is 726 g/mol. The van der Waals surface area contributed by atoms with E-state index < -0.39 is 11.6 Å². The van der Waals surface area contributed by atoms with Gasteiger partial charge in [0, 0.05) is 66.6 Å². The summed E-state index contributed by atoms with van der Waals surface area (Å²) >= 11 is 1.49. The number of amides is 2. The van der Waals surface area contributed by atoms with Crippen LogP contribution in [-0.2, 0) is 43.2 Å². The lowest BCUT2D eigenvalue weighted by molar-refractivity contribution is -0.147. The molecule has 2 N–H and O–H groups in total. The number of benzene rings is 1. The minimum Gasteiger partial charge on any atom is -0.378 e. The highest BCUT2D eigenvalue weighted by molar-refractivity contribution is 7.10. The quantitative estimate of drug-likeness (QED) is 0.211. The van der Waals surface area contributed by atoms with Crippen molar-refractivity contribution in [1.82, 2.24) is 30.3 Å². The van der Waals surface area contributed by atoms with Gasteiger partial charge in [-0.3, -0.25) is 19.6 Å². The third-order valence-corrected chi connectivity index (χ3v) is 11.6. The Bertz CT molecular complexity index is 1970. The molecule has 52 heavy (non-hydrogen) atoms. The predicted octanol–water partition coefficient (Wildman–Crippen LogP) is 6.05. The summed E-state index contributed by atoms with van der Waals surface area (Å²) < 4.78 is 14.6. The van der Waals surface area contributed by atoms with Crippen LogP contribution in [0.5, 0.6) is 0 Å². The smallest absolute Gasteiger partial charge is 0.259 e. The second kappa shape index (κ2) is 14.8. The van der Waals surface area contributed by atoms with Crippen molar-refractivity contribution in [2.75, 3.05) is 26.9 Å². The average molecular weight is 727 g/mol. The molecule has 1 saturated carbocycles. The number of aldehydes is 1. The summed E-state index contributed by atoms with van der Waals surface area (Å²) in [5, 5.41) is 8.46. The fourth-order valence-electron chi connectivity index (χ4n) is 7.75. The van der Waals surface area contributed by atoms with E-state index in [2.05, 4.69) is 60.3 Å². The zero-order chi connectivity index (χ0) is 36.6. The van der Waals surface area contributed by atoms with Gasteiger partial charge in [0.15, 0.2) is 0 Å². The summed E-state index contributed by atoms with van der Waals surface area (Å²) in [6.45, 7) is 10.3. The van der Waals surface area contributed by atoms with Crippen LogP contribution in [0.3, 0.4) is 0 Å². The van der Waals surface area contributed by atoms with Crippen LogP contribution in [0.2, 0.25) is 0 Å². The van der Waals surface area contributed by atoms with Crippen LogP contribution < -0.4 is 10.7 Å². The normalized spacial score (nSPS) is 22.9. The second-order valence-electron chi connectivity index (χ2n) is 15.5. The lowest BCUT2D eigenvalue weighted by Crippen LogP contribution is -2.66. The van der Waals surface area contributed by atoms with Gasteiger partial charge >= 0.3 is 0 Å². The zero-order valence-corrected chi connectivity index (χ0v) is 31.7. The predicted molar refractivity (Wildman–Crippen MR) is 202 cm³/mol. The zero-order valence-electron chi connectivity index (χ0n) is 30.9. The first-order valence-electron chi connectivity index (χ1n) is 18.5. The number of nitrogens with zero attached hydrogens (tertiary/aromatic N) is 4. The Morgan fingerprint density at radius 3 is 2.83 bits per heavy atom. The Morgan fingerprint density at radius 1 is 1.25 bits per heavy atom. The van der Waals surface area contributed by atoms with Crippen LogP contribution in [-0.4, -0.2) is 76.1 Å². The molecule has 3 aliphatic rings. The highest BCUT2D eigenvalue weighted by atomic mass is 32.1. The van der Waals surface area contributed by atoms with Gasteiger partial charge in [-0.15, -0.1) is 11.3 Å². The van der Waals surface area contributed by atoms with Crippen LogP contribution in [0.4, 0.5) is 0 Å². The summed E-state index contributed by atoms with van der Waals surface area (Å²) in [5.74, 6) is -0.0192. The van der Waals surface area contributed by atoms with Crippen molar-refractivity contribution in [2.45, 2.75) is 96.9 Å². The fraction of sp³-hybridized carbons (Fsp3) is 0.525. The van der Waals surface area contributed by atoms with Gasteiger partial charge in [-0.2, -0.15) is 0 Å². The lowest BCUT2D eigenvalue weighted by atomic mass is 9.84. The molecule has 2 fully saturated rings. The van der Waals surface area contributed by atoms with Crippen molar-refractivity contribution in [3.63, 3.8) is 0 Å². The number of carbonyl (C=O) groups is 3. The van der Waals surface area contributed by atoms with Crippen LogP contribution in [0.1, 0.15) is 82.2 Å². The molecule has 12 heteroatoms. The molecule has 4 aromatic rings. The Balaban J connectivity index is 1.35. The van der Waals surface area contributed by atoms with Gasteiger partial charge in [0.05, 0.1) is 41.4 Å². The van der Waals surface area contributed by atoms with Gasteiger partial charge < -0.3 is 24.2 Å². The summed E-state index contributed by atoms with van der Waals surface area (Å²) in [5.41, 5.74) is 8.98. The van der Waals surface area contributed by atoms with Crippen molar-refractivity contribution in [2.24, 2.45) is 11.3 Å². The summed E-state index contributed by atoms with van der Waals surface area (Å²) in [6, 6.07) is 9.82. The highest BCUT2D eigenvalue weighted by Gasteiger charge is 2.40. The Morgan fingerprint density at radius 2 is 2.08 bits per heavy atom. The fourth-order valence-corrected chi connectivity index (χ4v) is 8.60. The third-order valence-electron chi connectivity index (χ3n) is 10.7. The largest absolute Gasteiger partial charge is 0.378 e. The molecule has 1 aromatic carbocycles. The maximum Gasteiger partial charge on any atom is 0.259 e. The number of hydrogen-bond donors (Lipinski definition) is 2. The molecule has 3 atom stereocenters. The van der Waals surface area contributed by atoms with Gasteiger partial charge in [0.1, 0.15) is 17.9 Å². The Labute approximate surface area is 309 Å². The van der Waals surface area contributed by atoms with Crippen molar-refractivity contribution in [3.05, 3.63) is 58.2 Å². The van der Waals surface area contributed by atoms with Crippen LogP contribution in [0.15, 0.2) is 41.9 Å². The number of hydrogen-bond acceptors (Lipinski definition) is 9. The number of methoxy groups -OCH3 is 1. The summed E-state index contributed by atoms with van der Waals surface area (Å²) in [6.07, 6.45) is 7.09.